The molecule has 8 nitrogen and oxygen atoms in total. The molecule has 2 atom stereocenters. The van der Waals surface area contributed by atoms with Gasteiger partial charge in [0.05, 0.1) is 6.54 Å². The minimum absolute atomic E-state index is 0.130. The minimum atomic E-state index is -0.745. The van der Waals surface area contributed by atoms with Crippen molar-refractivity contribution in [2.24, 2.45) is 0 Å². The quantitative estimate of drug-likeness (QED) is 0.668. The number of aliphatic carboxylic acids is 1. The zero-order chi connectivity index (χ0) is 17.9. The summed E-state index contributed by atoms with van der Waals surface area (Å²) in [5, 5.41) is 9.12. The van der Waals surface area contributed by atoms with E-state index in [-0.39, 0.29) is 6.54 Å². The van der Waals surface area contributed by atoms with Gasteiger partial charge >= 0.3 is 5.97 Å². The van der Waals surface area contributed by atoms with Gasteiger partial charge in [-0.05, 0) is 45.4 Å². The van der Waals surface area contributed by atoms with Crippen LogP contribution < -0.4 is 0 Å². The zero-order valence-corrected chi connectivity index (χ0v) is 15.1. The Kier molecular flexibility index (Phi) is 9.17. The Hall–Kier alpha value is -1.22. The van der Waals surface area contributed by atoms with Crippen molar-refractivity contribution in [2.75, 3.05) is 78.7 Å². The summed E-state index contributed by atoms with van der Waals surface area (Å²) >= 11 is 0. The third-order valence-electron chi connectivity index (χ3n) is 4.99. The number of carbonyl (C=O) groups is 2. The fourth-order valence-corrected chi connectivity index (χ4v) is 3.63. The molecule has 8 heteroatoms. The van der Waals surface area contributed by atoms with E-state index in [4.69, 9.17) is 9.84 Å². The van der Waals surface area contributed by atoms with E-state index in [1.807, 2.05) is 0 Å². The predicted octanol–water partition coefficient (Wildman–Crippen LogP) is -0.393. The van der Waals surface area contributed by atoms with Crippen molar-refractivity contribution < 1.29 is 19.4 Å². The fraction of sp³-hybridized carbons (Fsp3) is 0.882. The lowest BCUT2D eigenvalue weighted by Gasteiger charge is -2.28. The molecule has 2 saturated heterocycles. The molecule has 0 saturated carbocycles. The normalized spacial score (nSPS) is 28.0. The number of fused-ring (bicyclic) bond motifs is 4. The largest absolute Gasteiger partial charge is 0.480 e. The van der Waals surface area contributed by atoms with Gasteiger partial charge in [-0.15, -0.1) is 0 Å². The van der Waals surface area contributed by atoms with Gasteiger partial charge in [0.2, 0.25) is 0 Å². The summed E-state index contributed by atoms with van der Waals surface area (Å²) in [6.07, 6.45) is 3.16. The lowest BCUT2D eigenvalue weighted by atomic mass is 10.3. The van der Waals surface area contributed by atoms with Crippen molar-refractivity contribution in [1.29, 1.82) is 0 Å². The molecule has 0 aliphatic carbocycles. The molecule has 25 heavy (non-hydrogen) atoms. The van der Waals surface area contributed by atoms with E-state index in [2.05, 4.69) is 19.6 Å². The van der Waals surface area contributed by atoms with E-state index in [1.165, 1.54) is 0 Å². The SMILES string of the molecule is O=COCN1CCCN2CCCN(CCCN(CC(=O)O)CC2)CC1. The first-order valence-electron chi connectivity index (χ1n) is 9.34. The Morgan fingerprint density at radius 2 is 1.32 bits per heavy atom. The Morgan fingerprint density at radius 1 is 0.800 bits per heavy atom. The third kappa shape index (κ3) is 8.13. The number of rotatable bonds is 5. The first-order chi connectivity index (χ1) is 12.2. The summed E-state index contributed by atoms with van der Waals surface area (Å²) in [7, 11) is 0. The van der Waals surface area contributed by atoms with Crippen molar-refractivity contribution in [3.63, 3.8) is 0 Å². The van der Waals surface area contributed by atoms with Gasteiger partial charge in [0, 0.05) is 39.3 Å². The number of hydrogen-bond acceptors (Lipinski definition) is 7. The third-order valence-corrected chi connectivity index (χ3v) is 4.99. The average molecular weight is 356 g/mol. The molecule has 2 aliphatic rings. The van der Waals surface area contributed by atoms with Gasteiger partial charge in [-0.2, -0.15) is 0 Å². The highest BCUT2D eigenvalue weighted by Crippen LogP contribution is 2.07. The summed E-state index contributed by atoms with van der Waals surface area (Å²) in [6.45, 7) is 10.4. The first-order valence-corrected chi connectivity index (χ1v) is 9.34. The summed E-state index contributed by atoms with van der Waals surface area (Å²) < 4.78 is 4.96. The van der Waals surface area contributed by atoms with Crippen molar-refractivity contribution in [3.05, 3.63) is 0 Å². The number of carbonyl (C=O) groups excluding carboxylic acids is 1. The number of ether oxygens (including phenoxy) is 1. The number of nitrogens with zero attached hydrogens (tertiary/aromatic N) is 4. The van der Waals surface area contributed by atoms with E-state index in [9.17, 15) is 9.59 Å². The van der Waals surface area contributed by atoms with E-state index < -0.39 is 5.97 Å². The smallest absolute Gasteiger partial charge is 0.317 e. The molecule has 2 heterocycles. The van der Waals surface area contributed by atoms with Crippen LogP contribution in [0.5, 0.6) is 0 Å². The Balaban J connectivity index is 1.99. The highest BCUT2D eigenvalue weighted by molar-refractivity contribution is 5.69. The molecule has 0 amide bonds. The monoisotopic (exact) mass is 356 g/mol. The molecular weight excluding hydrogens is 324 g/mol. The maximum absolute atomic E-state index is 11.1. The van der Waals surface area contributed by atoms with E-state index in [0.29, 0.717) is 13.2 Å². The molecule has 2 aliphatic heterocycles. The van der Waals surface area contributed by atoms with Crippen LogP contribution >= 0.6 is 0 Å². The summed E-state index contributed by atoms with van der Waals surface area (Å²) in [5.74, 6) is -0.745. The van der Waals surface area contributed by atoms with E-state index in [0.717, 1.165) is 84.7 Å². The highest BCUT2D eigenvalue weighted by atomic mass is 16.5. The minimum Gasteiger partial charge on any atom is -0.480 e. The van der Waals surface area contributed by atoms with Gasteiger partial charge < -0.3 is 19.6 Å². The molecule has 0 aromatic carbocycles. The maximum atomic E-state index is 11.1. The second-order valence-corrected chi connectivity index (χ2v) is 6.92. The van der Waals surface area contributed by atoms with E-state index in [1.54, 1.807) is 0 Å². The van der Waals surface area contributed by atoms with Crippen LogP contribution in [-0.4, -0.2) is 116 Å². The molecule has 0 aromatic rings. The average Bonchev–Trinajstić information content (AvgIpc) is 2.65. The van der Waals surface area contributed by atoms with Gasteiger partial charge in [0.25, 0.3) is 6.47 Å². The van der Waals surface area contributed by atoms with E-state index >= 15 is 0 Å². The molecule has 2 bridgehead atoms. The zero-order valence-electron chi connectivity index (χ0n) is 15.1. The van der Waals surface area contributed by atoms with Gasteiger partial charge in [-0.1, -0.05) is 0 Å². The Bertz CT molecular complexity index is 410. The van der Waals surface area contributed by atoms with Crippen LogP contribution in [0.15, 0.2) is 0 Å². The molecule has 1 N–H and O–H groups in total. The maximum Gasteiger partial charge on any atom is 0.317 e. The van der Waals surface area contributed by atoms with Crippen LogP contribution in [0, 0.1) is 0 Å². The van der Waals surface area contributed by atoms with Crippen LogP contribution in [0.4, 0.5) is 0 Å². The molecule has 0 radical (unpaired) electrons. The van der Waals surface area contributed by atoms with Crippen molar-refractivity contribution in [3.8, 4) is 0 Å². The lowest BCUT2D eigenvalue weighted by Crippen LogP contribution is -2.41. The first kappa shape index (κ1) is 20.1. The van der Waals surface area contributed by atoms with Crippen molar-refractivity contribution in [1.82, 2.24) is 19.6 Å². The fourth-order valence-electron chi connectivity index (χ4n) is 3.63. The highest BCUT2D eigenvalue weighted by Gasteiger charge is 2.18. The molecule has 2 unspecified atom stereocenters. The van der Waals surface area contributed by atoms with Gasteiger partial charge in [0.15, 0.2) is 0 Å². The predicted molar refractivity (Wildman–Crippen MR) is 94.4 cm³/mol. The van der Waals surface area contributed by atoms with Crippen LogP contribution in [0.25, 0.3) is 0 Å². The second kappa shape index (κ2) is 11.4. The molecule has 2 rings (SSSR count). The van der Waals surface area contributed by atoms with Crippen molar-refractivity contribution >= 4 is 12.4 Å². The van der Waals surface area contributed by atoms with Crippen LogP contribution in [-0.2, 0) is 14.3 Å². The molecular formula is C17H32N4O4. The number of carboxylic acid groups (broad SMARTS) is 1. The van der Waals surface area contributed by atoms with Crippen LogP contribution in [0.1, 0.15) is 19.3 Å². The summed E-state index contributed by atoms with van der Waals surface area (Å²) in [6, 6.07) is 0. The second-order valence-electron chi connectivity index (χ2n) is 6.92. The Labute approximate surface area is 150 Å². The number of carboxylic acids is 1. The van der Waals surface area contributed by atoms with Gasteiger partial charge in [-0.3, -0.25) is 19.4 Å². The van der Waals surface area contributed by atoms with Crippen LogP contribution in [0.2, 0.25) is 0 Å². The summed E-state index contributed by atoms with van der Waals surface area (Å²) in [5.41, 5.74) is 0. The molecule has 2 fully saturated rings. The van der Waals surface area contributed by atoms with Crippen molar-refractivity contribution in [2.45, 2.75) is 19.3 Å². The molecule has 0 spiro atoms. The van der Waals surface area contributed by atoms with Gasteiger partial charge in [0.1, 0.15) is 6.73 Å². The van der Waals surface area contributed by atoms with Crippen LogP contribution in [0.3, 0.4) is 0 Å². The molecule has 0 aromatic heterocycles. The number of hydrogen-bond donors (Lipinski definition) is 1. The Morgan fingerprint density at radius 3 is 1.88 bits per heavy atom. The van der Waals surface area contributed by atoms with Gasteiger partial charge in [-0.25, -0.2) is 0 Å². The lowest BCUT2D eigenvalue weighted by molar-refractivity contribution is -0.138. The standard InChI is InChI=1S/C17H32N4O4/c22-16-25-15-21-9-3-7-18-4-1-5-19(11-13-21)6-2-8-20(12-10-18)14-17(23)24/h16H,1-15H2,(H,23,24). The summed E-state index contributed by atoms with van der Waals surface area (Å²) in [4.78, 5) is 30.7. The topological polar surface area (TPSA) is 76.6 Å². The molecule has 144 valence electrons.